The van der Waals surface area contributed by atoms with Crippen LogP contribution in [0.1, 0.15) is 68.7 Å². The summed E-state index contributed by atoms with van der Waals surface area (Å²) in [6.45, 7) is 6.11. The summed E-state index contributed by atoms with van der Waals surface area (Å²) in [6, 6.07) is 15.8. The van der Waals surface area contributed by atoms with Gasteiger partial charge >= 0.3 is 11.9 Å². The highest BCUT2D eigenvalue weighted by molar-refractivity contribution is 7.17. The minimum atomic E-state index is -1.18. The smallest absolute Gasteiger partial charge is 0.341 e. The largest absolute Gasteiger partial charge is 0.462 e. The zero-order valence-electron chi connectivity index (χ0n) is 20.1. The third-order valence-corrected chi connectivity index (χ3v) is 7.25. The minimum absolute atomic E-state index is 0.244. The molecule has 0 fully saturated rings. The molecule has 0 saturated carbocycles. The van der Waals surface area contributed by atoms with Gasteiger partial charge in [-0.2, -0.15) is 0 Å². The number of thiophene rings is 1. The summed E-state index contributed by atoms with van der Waals surface area (Å²) in [7, 11) is 0. The molecule has 0 aliphatic heterocycles. The topological polar surface area (TPSA) is 81.7 Å². The van der Waals surface area contributed by atoms with Gasteiger partial charge in [0, 0.05) is 10.4 Å². The highest BCUT2D eigenvalue weighted by Crippen LogP contribution is 2.40. The Labute approximate surface area is 209 Å². The Morgan fingerprint density at radius 3 is 2.46 bits per heavy atom. The van der Waals surface area contributed by atoms with Crippen molar-refractivity contribution in [2.45, 2.75) is 46.1 Å². The summed E-state index contributed by atoms with van der Waals surface area (Å²) in [5.41, 5.74) is 3.29. The summed E-state index contributed by atoms with van der Waals surface area (Å²) in [6.07, 6.45) is 1.41. The second-order valence-corrected chi connectivity index (χ2v) is 9.93. The second kappa shape index (κ2) is 10.9. The predicted octanol–water partition coefficient (Wildman–Crippen LogP) is 5.89. The van der Waals surface area contributed by atoms with Crippen LogP contribution in [0.25, 0.3) is 0 Å². The molecule has 1 N–H and O–H groups in total. The fraction of sp³-hybridized carbons (Fsp3) is 0.321. The van der Waals surface area contributed by atoms with Gasteiger partial charge in [-0.3, -0.25) is 4.79 Å². The molecule has 0 saturated heterocycles. The van der Waals surface area contributed by atoms with E-state index in [2.05, 4.69) is 12.2 Å². The third-order valence-electron chi connectivity index (χ3n) is 6.08. The maximum atomic E-state index is 13.5. The predicted molar refractivity (Wildman–Crippen MR) is 136 cm³/mol. The number of benzene rings is 2. The van der Waals surface area contributed by atoms with Gasteiger partial charge in [0.2, 0.25) is 6.10 Å². The number of rotatable bonds is 7. The molecule has 2 atom stereocenters. The van der Waals surface area contributed by atoms with Crippen molar-refractivity contribution < 1.29 is 23.9 Å². The molecule has 0 spiro atoms. The van der Waals surface area contributed by atoms with Crippen molar-refractivity contribution in [1.82, 2.24) is 0 Å². The van der Waals surface area contributed by atoms with Crippen LogP contribution in [0.4, 0.5) is 5.00 Å². The number of ether oxygens (including phenoxy) is 2. The Morgan fingerprint density at radius 1 is 1.06 bits per heavy atom. The molecule has 1 aliphatic carbocycles. The lowest BCUT2D eigenvalue weighted by atomic mass is 9.88. The zero-order valence-corrected chi connectivity index (χ0v) is 20.9. The Hall–Kier alpha value is -3.45. The number of aryl methyl sites for hydroxylation is 1. The van der Waals surface area contributed by atoms with E-state index in [1.54, 1.807) is 43.3 Å². The van der Waals surface area contributed by atoms with E-state index in [4.69, 9.17) is 9.47 Å². The quantitative estimate of drug-likeness (QED) is 0.417. The van der Waals surface area contributed by atoms with Crippen LogP contribution in [0, 0.1) is 12.8 Å². The number of amides is 1. The van der Waals surface area contributed by atoms with Crippen LogP contribution in [0.2, 0.25) is 0 Å². The van der Waals surface area contributed by atoms with Crippen LogP contribution in [-0.2, 0) is 27.1 Å². The van der Waals surface area contributed by atoms with E-state index in [0.29, 0.717) is 27.6 Å². The Kier molecular flexibility index (Phi) is 7.66. The standard InChI is InChI=1S/C28H29NO5S/c1-4-33-28(32)23-21-15-12-18(3)16-22(21)35-26(23)29-25(30)24(19-8-6-5-7-9-19)34-27(31)20-13-10-17(2)11-14-20/h5-11,13-14,18,24H,4,12,15-16H2,1-3H3,(H,29,30). The number of carbonyl (C=O) groups is 3. The molecule has 2 aromatic carbocycles. The molecule has 3 aromatic rings. The van der Waals surface area contributed by atoms with Gasteiger partial charge in [0.25, 0.3) is 5.91 Å². The normalized spacial score (nSPS) is 15.6. The summed E-state index contributed by atoms with van der Waals surface area (Å²) in [5, 5.41) is 3.33. The fourth-order valence-electron chi connectivity index (χ4n) is 4.20. The molecule has 182 valence electrons. The molecular weight excluding hydrogens is 462 g/mol. The molecule has 1 heterocycles. The molecule has 2 unspecified atom stereocenters. The monoisotopic (exact) mass is 491 g/mol. The SMILES string of the molecule is CCOC(=O)c1c(NC(=O)C(OC(=O)c2ccc(C)cc2)c2ccccc2)sc2c1CCC(C)C2. The van der Waals surface area contributed by atoms with E-state index in [9.17, 15) is 14.4 Å². The van der Waals surface area contributed by atoms with Crippen LogP contribution in [0.15, 0.2) is 54.6 Å². The number of nitrogens with one attached hydrogen (secondary N) is 1. The van der Waals surface area contributed by atoms with Crippen molar-refractivity contribution in [2.75, 3.05) is 11.9 Å². The Balaban J connectivity index is 1.64. The molecule has 1 aliphatic rings. The number of carbonyl (C=O) groups excluding carboxylic acids is 3. The van der Waals surface area contributed by atoms with Gasteiger partial charge in [-0.15, -0.1) is 11.3 Å². The molecule has 0 radical (unpaired) electrons. The molecule has 35 heavy (non-hydrogen) atoms. The Bertz CT molecular complexity index is 1220. The van der Waals surface area contributed by atoms with E-state index in [1.165, 1.54) is 11.3 Å². The van der Waals surface area contributed by atoms with Crippen molar-refractivity contribution in [3.05, 3.63) is 87.3 Å². The molecular formula is C28H29NO5S. The van der Waals surface area contributed by atoms with Crippen molar-refractivity contribution in [3.8, 4) is 0 Å². The first-order valence-electron chi connectivity index (χ1n) is 11.8. The highest BCUT2D eigenvalue weighted by Gasteiger charge is 2.32. The van der Waals surface area contributed by atoms with Crippen LogP contribution in [0.5, 0.6) is 0 Å². The maximum Gasteiger partial charge on any atom is 0.341 e. The van der Waals surface area contributed by atoms with E-state index in [1.807, 2.05) is 25.1 Å². The van der Waals surface area contributed by atoms with Gasteiger partial charge in [0.05, 0.1) is 17.7 Å². The highest BCUT2D eigenvalue weighted by atomic mass is 32.1. The number of hydrogen-bond donors (Lipinski definition) is 1. The van der Waals surface area contributed by atoms with Crippen LogP contribution < -0.4 is 5.32 Å². The van der Waals surface area contributed by atoms with E-state index < -0.39 is 23.9 Å². The summed E-state index contributed by atoms with van der Waals surface area (Å²) in [5.74, 6) is -1.05. The molecule has 0 bridgehead atoms. The number of anilines is 1. The van der Waals surface area contributed by atoms with Crippen LogP contribution in [-0.4, -0.2) is 24.5 Å². The van der Waals surface area contributed by atoms with Gasteiger partial charge in [-0.25, -0.2) is 9.59 Å². The van der Waals surface area contributed by atoms with Crippen molar-refractivity contribution in [3.63, 3.8) is 0 Å². The van der Waals surface area contributed by atoms with Crippen molar-refractivity contribution >= 4 is 34.2 Å². The molecule has 1 aromatic heterocycles. The minimum Gasteiger partial charge on any atom is -0.462 e. The Morgan fingerprint density at radius 2 is 1.77 bits per heavy atom. The lowest BCUT2D eigenvalue weighted by Gasteiger charge is -2.19. The van der Waals surface area contributed by atoms with Gasteiger partial charge < -0.3 is 14.8 Å². The zero-order chi connectivity index (χ0) is 24.9. The molecule has 6 nitrogen and oxygen atoms in total. The lowest BCUT2D eigenvalue weighted by Crippen LogP contribution is -2.26. The third kappa shape index (κ3) is 5.62. The lowest BCUT2D eigenvalue weighted by molar-refractivity contribution is -0.125. The maximum absolute atomic E-state index is 13.5. The molecule has 4 rings (SSSR count). The van der Waals surface area contributed by atoms with E-state index in [0.717, 1.165) is 35.3 Å². The van der Waals surface area contributed by atoms with E-state index in [-0.39, 0.29) is 6.61 Å². The van der Waals surface area contributed by atoms with E-state index >= 15 is 0 Å². The first-order chi connectivity index (χ1) is 16.9. The van der Waals surface area contributed by atoms with Gasteiger partial charge in [0.1, 0.15) is 5.00 Å². The number of fused-ring (bicyclic) bond motifs is 1. The summed E-state index contributed by atoms with van der Waals surface area (Å²) in [4.78, 5) is 40.3. The van der Waals surface area contributed by atoms with Crippen LogP contribution >= 0.6 is 11.3 Å². The first kappa shape index (κ1) is 24.7. The summed E-state index contributed by atoms with van der Waals surface area (Å²) < 4.78 is 11.0. The first-order valence-corrected chi connectivity index (χ1v) is 12.6. The van der Waals surface area contributed by atoms with Crippen molar-refractivity contribution in [2.24, 2.45) is 5.92 Å². The van der Waals surface area contributed by atoms with Gasteiger partial charge in [-0.1, -0.05) is 55.0 Å². The van der Waals surface area contributed by atoms with Gasteiger partial charge in [0.15, 0.2) is 0 Å². The molecule has 7 heteroatoms. The number of hydrogen-bond acceptors (Lipinski definition) is 6. The molecule has 1 amide bonds. The average Bonchev–Trinajstić information content (AvgIpc) is 3.20. The fourth-order valence-corrected chi connectivity index (χ4v) is 5.60. The number of esters is 2. The van der Waals surface area contributed by atoms with Crippen LogP contribution in [0.3, 0.4) is 0 Å². The second-order valence-electron chi connectivity index (χ2n) is 8.83. The van der Waals surface area contributed by atoms with Crippen molar-refractivity contribution in [1.29, 1.82) is 0 Å². The average molecular weight is 492 g/mol. The van der Waals surface area contributed by atoms with Gasteiger partial charge in [-0.05, 0) is 56.7 Å². The summed E-state index contributed by atoms with van der Waals surface area (Å²) >= 11 is 1.40.